The first kappa shape index (κ1) is 16.9. The molecule has 0 radical (unpaired) electrons. The molecular formula is C22H16N6O. The zero-order valence-corrected chi connectivity index (χ0v) is 15.3. The summed E-state index contributed by atoms with van der Waals surface area (Å²) in [5.74, 6) is 1.28. The van der Waals surface area contributed by atoms with Gasteiger partial charge in [-0.1, -0.05) is 36.4 Å². The van der Waals surface area contributed by atoms with Gasteiger partial charge in [0.05, 0.1) is 11.2 Å². The molecular weight excluding hydrogens is 364 g/mol. The summed E-state index contributed by atoms with van der Waals surface area (Å²) in [6.07, 6.45) is 4.88. The second-order valence-corrected chi connectivity index (χ2v) is 6.38. The van der Waals surface area contributed by atoms with Crippen LogP contribution in [0, 0.1) is 0 Å². The number of aromatic nitrogens is 4. The van der Waals surface area contributed by atoms with Crippen molar-refractivity contribution >= 4 is 39.0 Å². The number of hydrogen-bond donors (Lipinski definition) is 2. The number of anilines is 3. The Bertz CT molecular complexity index is 1230. The maximum absolute atomic E-state index is 6.31. The van der Waals surface area contributed by atoms with Crippen molar-refractivity contribution in [2.24, 2.45) is 0 Å². The summed E-state index contributed by atoms with van der Waals surface area (Å²) in [6, 6.07) is 19.3. The van der Waals surface area contributed by atoms with Crippen LogP contribution in [-0.2, 0) is 0 Å². The number of pyridine rings is 2. The predicted molar refractivity (Wildman–Crippen MR) is 113 cm³/mol. The molecule has 140 valence electrons. The molecule has 0 bridgehead atoms. The molecule has 2 aromatic carbocycles. The average molecular weight is 380 g/mol. The number of nitrogens with two attached hydrogens (primary N) is 1. The lowest BCUT2D eigenvalue weighted by molar-refractivity contribution is 0.469. The van der Waals surface area contributed by atoms with E-state index in [4.69, 9.17) is 10.5 Å². The Morgan fingerprint density at radius 3 is 2.24 bits per heavy atom. The van der Waals surface area contributed by atoms with Crippen LogP contribution in [0.2, 0.25) is 0 Å². The molecule has 29 heavy (non-hydrogen) atoms. The zero-order chi connectivity index (χ0) is 19.6. The van der Waals surface area contributed by atoms with Crippen LogP contribution in [0.25, 0.3) is 21.8 Å². The van der Waals surface area contributed by atoms with Gasteiger partial charge in [0.2, 0.25) is 5.88 Å². The highest BCUT2D eigenvalue weighted by molar-refractivity contribution is 5.93. The normalized spacial score (nSPS) is 10.9. The number of rotatable bonds is 4. The SMILES string of the molecule is Nc1c(Nc2cccc3cccnc23)ncnc1Oc1cccc2cccnc12. The van der Waals surface area contributed by atoms with Crippen LogP contribution in [0.1, 0.15) is 0 Å². The zero-order valence-electron chi connectivity index (χ0n) is 15.3. The Morgan fingerprint density at radius 2 is 1.41 bits per heavy atom. The molecule has 3 aromatic heterocycles. The van der Waals surface area contributed by atoms with Crippen LogP contribution in [0.3, 0.4) is 0 Å². The summed E-state index contributed by atoms with van der Waals surface area (Å²) in [5, 5.41) is 5.23. The maximum atomic E-state index is 6.31. The lowest BCUT2D eigenvalue weighted by atomic mass is 10.2. The fraction of sp³-hybridized carbons (Fsp3) is 0. The van der Waals surface area contributed by atoms with Crippen molar-refractivity contribution in [1.82, 2.24) is 19.9 Å². The number of nitrogen functional groups attached to an aromatic ring is 1. The number of fused-ring (bicyclic) bond motifs is 2. The molecule has 0 saturated carbocycles. The van der Waals surface area contributed by atoms with Gasteiger partial charge in [-0.25, -0.2) is 4.98 Å². The van der Waals surface area contributed by atoms with Crippen molar-refractivity contribution in [1.29, 1.82) is 0 Å². The molecule has 0 fully saturated rings. The van der Waals surface area contributed by atoms with Crippen molar-refractivity contribution in [3.05, 3.63) is 79.4 Å². The van der Waals surface area contributed by atoms with E-state index in [1.165, 1.54) is 6.33 Å². The number of benzene rings is 2. The summed E-state index contributed by atoms with van der Waals surface area (Å²) in [7, 11) is 0. The first-order valence-electron chi connectivity index (χ1n) is 9.02. The van der Waals surface area contributed by atoms with Gasteiger partial charge in [-0.3, -0.25) is 9.97 Å². The minimum Gasteiger partial charge on any atom is -0.435 e. The van der Waals surface area contributed by atoms with Crippen LogP contribution < -0.4 is 15.8 Å². The molecule has 0 aliphatic heterocycles. The van der Waals surface area contributed by atoms with E-state index >= 15 is 0 Å². The number of ether oxygens (including phenoxy) is 1. The van der Waals surface area contributed by atoms with E-state index in [0.717, 1.165) is 27.5 Å². The van der Waals surface area contributed by atoms with Crippen LogP contribution in [0.15, 0.2) is 79.4 Å². The lowest BCUT2D eigenvalue weighted by Gasteiger charge is -2.13. The molecule has 0 atom stereocenters. The molecule has 0 unspecified atom stereocenters. The topological polar surface area (TPSA) is 98.8 Å². The number of nitrogens with zero attached hydrogens (tertiary/aromatic N) is 4. The lowest BCUT2D eigenvalue weighted by Crippen LogP contribution is -2.04. The second-order valence-electron chi connectivity index (χ2n) is 6.38. The molecule has 5 aromatic rings. The van der Waals surface area contributed by atoms with E-state index in [9.17, 15) is 0 Å². The monoisotopic (exact) mass is 380 g/mol. The van der Waals surface area contributed by atoms with Gasteiger partial charge in [0, 0.05) is 23.2 Å². The van der Waals surface area contributed by atoms with Gasteiger partial charge in [-0.05, 0) is 24.3 Å². The molecule has 7 nitrogen and oxygen atoms in total. The average Bonchev–Trinajstić information content (AvgIpc) is 2.77. The maximum Gasteiger partial charge on any atom is 0.248 e. The standard InChI is InChI=1S/C22H16N6O/c23-18-21(28-16-9-1-5-14-7-3-11-24-19(14)16)26-13-27-22(18)29-17-10-2-6-15-8-4-12-25-20(15)17/h1-13H,23H2,(H,26,27,28). The van der Waals surface area contributed by atoms with Crippen LogP contribution in [-0.4, -0.2) is 19.9 Å². The van der Waals surface area contributed by atoms with Crippen molar-refractivity contribution in [2.75, 3.05) is 11.1 Å². The van der Waals surface area contributed by atoms with Crippen LogP contribution in [0.5, 0.6) is 11.6 Å². The molecule has 3 N–H and O–H groups in total. The van der Waals surface area contributed by atoms with Gasteiger partial charge < -0.3 is 15.8 Å². The molecule has 0 spiro atoms. The molecule has 5 rings (SSSR count). The third-order valence-electron chi connectivity index (χ3n) is 4.54. The highest BCUT2D eigenvalue weighted by Gasteiger charge is 2.13. The molecule has 7 heteroatoms. The van der Waals surface area contributed by atoms with E-state index in [1.807, 2.05) is 60.7 Å². The minimum atomic E-state index is 0.258. The van der Waals surface area contributed by atoms with Gasteiger partial charge in [0.25, 0.3) is 0 Å². The molecule has 0 aliphatic rings. The van der Waals surface area contributed by atoms with Crippen molar-refractivity contribution in [3.63, 3.8) is 0 Å². The van der Waals surface area contributed by atoms with Crippen molar-refractivity contribution < 1.29 is 4.74 Å². The Morgan fingerprint density at radius 1 is 0.724 bits per heavy atom. The first-order chi connectivity index (χ1) is 14.3. The molecule has 0 aliphatic carbocycles. The number of hydrogen-bond acceptors (Lipinski definition) is 7. The molecule has 0 amide bonds. The quantitative estimate of drug-likeness (QED) is 0.466. The highest BCUT2D eigenvalue weighted by atomic mass is 16.5. The van der Waals surface area contributed by atoms with Gasteiger partial charge in [-0.15, -0.1) is 0 Å². The summed E-state index contributed by atoms with van der Waals surface area (Å²) < 4.78 is 5.99. The van der Waals surface area contributed by atoms with Gasteiger partial charge in [-0.2, -0.15) is 4.98 Å². The number of para-hydroxylation sites is 2. The van der Waals surface area contributed by atoms with Gasteiger partial charge >= 0.3 is 0 Å². The number of nitrogens with one attached hydrogen (secondary N) is 1. The van der Waals surface area contributed by atoms with E-state index in [-0.39, 0.29) is 5.88 Å². The van der Waals surface area contributed by atoms with Crippen LogP contribution in [0.4, 0.5) is 17.2 Å². The van der Waals surface area contributed by atoms with Crippen LogP contribution >= 0.6 is 0 Å². The predicted octanol–water partition coefficient (Wildman–Crippen LogP) is 4.69. The Kier molecular flexibility index (Phi) is 4.10. The summed E-state index contributed by atoms with van der Waals surface area (Å²) in [5.41, 5.74) is 8.98. The van der Waals surface area contributed by atoms with E-state index in [0.29, 0.717) is 17.3 Å². The fourth-order valence-electron chi connectivity index (χ4n) is 3.16. The van der Waals surface area contributed by atoms with E-state index in [2.05, 4.69) is 25.3 Å². The van der Waals surface area contributed by atoms with Crippen molar-refractivity contribution in [3.8, 4) is 11.6 Å². The van der Waals surface area contributed by atoms with E-state index in [1.54, 1.807) is 12.4 Å². The van der Waals surface area contributed by atoms with Gasteiger partial charge in [0.1, 0.15) is 17.5 Å². The second kappa shape index (κ2) is 7.05. The summed E-state index contributed by atoms with van der Waals surface area (Å²) in [4.78, 5) is 17.3. The first-order valence-corrected chi connectivity index (χ1v) is 9.02. The van der Waals surface area contributed by atoms with Gasteiger partial charge in [0.15, 0.2) is 11.6 Å². The molecule has 0 saturated heterocycles. The smallest absolute Gasteiger partial charge is 0.248 e. The molecule has 3 heterocycles. The Balaban J connectivity index is 1.52. The van der Waals surface area contributed by atoms with Crippen molar-refractivity contribution in [2.45, 2.75) is 0 Å². The fourth-order valence-corrected chi connectivity index (χ4v) is 3.16. The summed E-state index contributed by atoms with van der Waals surface area (Å²) in [6.45, 7) is 0. The Labute approximate surface area is 166 Å². The Hall–Kier alpha value is -4.26. The minimum absolute atomic E-state index is 0.258. The third kappa shape index (κ3) is 3.14. The largest absolute Gasteiger partial charge is 0.435 e. The summed E-state index contributed by atoms with van der Waals surface area (Å²) >= 11 is 0. The highest BCUT2D eigenvalue weighted by Crippen LogP contribution is 2.34. The third-order valence-corrected chi connectivity index (χ3v) is 4.54. The van der Waals surface area contributed by atoms with E-state index < -0.39 is 0 Å².